The van der Waals surface area contributed by atoms with E-state index >= 15 is 0 Å². The molecule has 1 atom stereocenters. The molecule has 0 spiro atoms. The summed E-state index contributed by atoms with van der Waals surface area (Å²) in [7, 11) is 0. The van der Waals surface area contributed by atoms with E-state index in [2.05, 4.69) is 17.1 Å². The summed E-state index contributed by atoms with van der Waals surface area (Å²) in [5.41, 5.74) is 3.57. The molecule has 4 rings (SSSR count). The summed E-state index contributed by atoms with van der Waals surface area (Å²) in [4.78, 5) is 15.5. The Kier molecular flexibility index (Phi) is 6.89. The summed E-state index contributed by atoms with van der Waals surface area (Å²) in [6.45, 7) is 11.4. The summed E-state index contributed by atoms with van der Waals surface area (Å²) < 4.78 is 11.9. The molecule has 6 nitrogen and oxygen atoms in total. The van der Waals surface area contributed by atoms with E-state index in [9.17, 15) is 4.79 Å². The molecule has 0 fully saturated rings. The quantitative estimate of drug-likeness (QED) is 0.365. The van der Waals surface area contributed by atoms with Gasteiger partial charge in [-0.05, 0) is 63.9 Å². The zero-order valence-corrected chi connectivity index (χ0v) is 21.2. The van der Waals surface area contributed by atoms with Crippen LogP contribution in [0, 0.1) is 0 Å². The second-order valence-electron chi connectivity index (χ2n) is 9.46. The van der Waals surface area contributed by atoms with Gasteiger partial charge in [0.15, 0.2) is 11.5 Å². The number of hydrogen-bond donors (Lipinski definition) is 1. The fourth-order valence-electron chi connectivity index (χ4n) is 4.39. The fraction of sp³-hybridized carbons (Fsp3) is 0.407. The van der Waals surface area contributed by atoms with E-state index in [0.717, 1.165) is 41.0 Å². The van der Waals surface area contributed by atoms with Crippen molar-refractivity contribution in [1.29, 1.82) is 0 Å². The highest BCUT2D eigenvalue weighted by atomic mass is 35.5. The van der Waals surface area contributed by atoms with Crippen LogP contribution in [0.2, 0.25) is 5.02 Å². The highest BCUT2D eigenvalue weighted by Crippen LogP contribution is 2.47. The molecule has 0 saturated carbocycles. The Morgan fingerprint density at radius 1 is 1.06 bits per heavy atom. The number of nitrogens with zero attached hydrogens (tertiary/aromatic N) is 2. The van der Waals surface area contributed by atoms with Crippen molar-refractivity contribution >= 4 is 17.5 Å². The van der Waals surface area contributed by atoms with Crippen molar-refractivity contribution in [2.75, 3.05) is 13.2 Å². The Balaban J connectivity index is 1.84. The summed E-state index contributed by atoms with van der Waals surface area (Å²) in [6.07, 6.45) is 2.04. The first-order valence-corrected chi connectivity index (χ1v) is 12.2. The number of H-pyrrole nitrogens is 1. The first kappa shape index (κ1) is 24.1. The SMILES string of the molecule is CCCCOc1ccc(C2c3c(-c4ccc(Cl)cc4)n[nH]c3C(=O)N2C(C)(C)C)cc1OCC. The summed E-state index contributed by atoms with van der Waals surface area (Å²) in [5.74, 6) is 1.33. The van der Waals surface area contributed by atoms with Crippen molar-refractivity contribution in [2.24, 2.45) is 0 Å². The van der Waals surface area contributed by atoms with E-state index in [-0.39, 0.29) is 11.9 Å². The number of halogens is 1. The number of fused-ring (bicyclic) bond motifs is 1. The number of aromatic nitrogens is 2. The standard InChI is InChI=1S/C27H32ClN3O3/c1-6-8-15-34-20-14-11-18(16-21(20)33-7-2)25-22-23(17-9-12-19(28)13-10-17)29-30-24(22)26(32)31(25)27(3,4)5/h9-14,16,25H,6-8,15H2,1-5H3,(H,29,30). The molecule has 2 heterocycles. The molecule has 1 N–H and O–H groups in total. The molecular weight excluding hydrogens is 450 g/mol. The second kappa shape index (κ2) is 9.71. The Hall–Kier alpha value is -2.99. The summed E-state index contributed by atoms with van der Waals surface area (Å²) in [5, 5.41) is 8.19. The van der Waals surface area contributed by atoms with Crippen LogP contribution in [-0.4, -0.2) is 39.8 Å². The van der Waals surface area contributed by atoms with Crippen LogP contribution in [0.1, 0.15) is 75.1 Å². The maximum Gasteiger partial charge on any atom is 0.273 e. The van der Waals surface area contributed by atoms with Crippen LogP contribution in [0.15, 0.2) is 42.5 Å². The molecule has 1 unspecified atom stereocenters. The third-order valence-corrected chi connectivity index (χ3v) is 6.20. The van der Waals surface area contributed by atoms with Crippen LogP contribution in [-0.2, 0) is 0 Å². The zero-order valence-electron chi connectivity index (χ0n) is 20.4. The maximum atomic E-state index is 13.6. The van der Waals surface area contributed by atoms with E-state index in [4.69, 9.17) is 21.1 Å². The van der Waals surface area contributed by atoms with Crippen molar-refractivity contribution in [3.8, 4) is 22.8 Å². The highest BCUT2D eigenvalue weighted by Gasteiger charge is 2.46. The van der Waals surface area contributed by atoms with Crippen molar-refractivity contribution in [2.45, 2.75) is 59.0 Å². The predicted octanol–water partition coefficient (Wildman–Crippen LogP) is 6.65. The van der Waals surface area contributed by atoms with Gasteiger partial charge in [0.05, 0.1) is 24.9 Å². The number of nitrogens with one attached hydrogen (secondary N) is 1. The van der Waals surface area contributed by atoms with Gasteiger partial charge in [-0.15, -0.1) is 0 Å². The number of carbonyl (C=O) groups is 1. The lowest BCUT2D eigenvalue weighted by molar-refractivity contribution is 0.0545. The van der Waals surface area contributed by atoms with Crippen LogP contribution in [0.25, 0.3) is 11.3 Å². The topological polar surface area (TPSA) is 67.5 Å². The molecule has 180 valence electrons. The average molecular weight is 482 g/mol. The van der Waals surface area contributed by atoms with E-state index < -0.39 is 5.54 Å². The summed E-state index contributed by atoms with van der Waals surface area (Å²) in [6, 6.07) is 13.2. The lowest BCUT2D eigenvalue weighted by Gasteiger charge is -2.38. The number of benzene rings is 2. The number of rotatable bonds is 8. The number of unbranched alkanes of at least 4 members (excludes halogenated alkanes) is 1. The van der Waals surface area contributed by atoms with Gasteiger partial charge in [0.2, 0.25) is 0 Å². The first-order valence-electron chi connectivity index (χ1n) is 11.8. The Bertz CT molecular complexity index is 1160. The maximum absolute atomic E-state index is 13.6. The van der Waals surface area contributed by atoms with E-state index in [1.54, 1.807) is 0 Å². The Labute approximate surface area is 206 Å². The van der Waals surface area contributed by atoms with Gasteiger partial charge in [-0.3, -0.25) is 9.89 Å². The minimum Gasteiger partial charge on any atom is -0.490 e. The van der Waals surface area contributed by atoms with Gasteiger partial charge in [0.1, 0.15) is 5.69 Å². The Morgan fingerprint density at radius 3 is 2.44 bits per heavy atom. The minimum absolute atomic E-state index is 0.0681. The molecule has 1 aliphatic heterocycles. The number of ether oxygens (including phenoxy) is 2. The Morgan fingerprint density at radius 2 is 1.79 bits per heavy atom. The molecule has 0 radical (unpaired) electrons. The zero-order chi connectivity index (χ0) is 24.5. The van der Waals surface area contributed by atoms with Crippen LogP contribution >= 0.6 is 11.6 Å². The van der Waals surface area contributed by atoms with Crippen molar-refractivity contribution < 1.29 is 14.3 Å². The molecule has 0 saturated heterocycles. The number of aromatic amines is 1. The molecule has 3 aromatic rings. The third kappa shape index (κ3) is 4.51. The van der Waals surface area contributed by atoms with Crippen molar-refractivity contribution in [3.05, 3.63) is 64.3 Å². The predicted molar refractivity (Wildman–Crippen MR) is 135 cm³/mol. The van der Waals surface area contributed by atoms with Crippen LogP contribution in [0.4, 0.5) is 0 Å². The third-order valence-electron chi connectivity index (χ3n) is 5.95. The van der Waals surface area contributed by atoms with Gasteiger partial charge in [0.25, 0.3) is 5.91 Å². The van der Waals surface area contributed by atoms with Crippen molar-refractivity contribution in [1.82, 2.24) is 15.1 Å². The molecule has 0 aliphatic carbocycles. The highest BCUT2D eigenvalue weighted by molar-refractivity contribution is 6.30. The minimum atomic E-state index is -0.416. The molecule has 7 heteroatoms. The number of hydrogen-bond acceptors (Lipinski definition) is 4. The number of carbonyl (C=O) groups excluding carboxylic acids is 1. The van der Waals surface area contributed by atoms with E-state index in [0.29, 0.717) is 29.7 Å². The van der Waals surface area contributed by atoms with Gasteiger partial charge in [-0.25, -0.2) is 0 Å². The molecular formula is C27H32ClN3O3. The van der Waals surface area contributed by atoms with Gasteiger partial charge < -0.3 is 14.4 Å². The van der Waals surface area contributed by atoms with Crippen molar-refractivity contribution in [3.63, 3.8) is 0 Å². The lowest BCUT2D eigenvalue weighted by atomic mass is 9.93. The molecule has 2 aromatic carbocycles. The van der Waals surface area contributed by atoms with Gasteiger partial charge in [0, 0.05) is 21.7 Å². The fourth-order valence-corrected chi connectivity index (χ4v) is 4.52. The van der Waals surface area contributed by atoms with Crippen LogP contribution in [0.3, 0.4) is 0 Å². The second-order valence-corrected chi connectivity index (χ2v) is 9.89. The normalized spacial score (nSPS) is 15.5. The van der Waals surface area contributed by atoms with Crippen LogP contribution < -0.4 is 9.47 Å². The van der Waals surface area contributed by atoms with Gasteiger partial charge >= 0.3 is 0 Å². The lowest BCUT2D eigenvalue weighted by Crippen LogP contribution is -2.44. The first-order chi connectivity index (χ1) is 16.3. The molecule has 34 heavy (non-hydrogen) atoms. The van der Waals surface area contributed by atoms with Gasteiger partial charge in [-0.2, -0.15) is 5.10 Å². The largest absolute Gasteiger partial charge is 0.490 e. The smallest absolute Gasteiger partial charge is 0.273 e. The molecule has 1 aliphatic rings. The molecule has 0 bridgehead atoms. The van der Waals surface area contributed by atoms with Crippen LogP contribution in [0.5, 0.6) is 11.5 Å². The summed E-state index contributed by atoms with van der Waals surface area (Å²) >= 11 is 6.11. The molecule has 1 amide bonds. The number of amides is 1. The average Bonchev–Trinajstić information content (AvgIpc) is 3.34. The molecule has 1 aromatic heterocycles. The van der Waals surface area contributed by atoms with Gasteiger partial charge in [-0.1, -0.05) is 43.1 Å². The monoisotopic (exact) mass is 481 g/mol. The van der Waals surface area contributed by atoms with E-state index in [1.165, 1.54) is 0 Å². The van der Waals surface area contributed by atoms with E-state index in [1.807, 2.05) is 75.1 Å².